The van der Waals surface area contributed by atoms with Crippen molar-refractivity contribution in [3.05, 3.63) is 23.8 Å². The second-order valence-electron chi connectivity index (χ2n) is 3.86. The Morgan fingerprint density at radius 2 is 2.25 bits per heavy atom. The Morgan fingerprint density at radius 3 is 2.81 bits per heavy atom. The van der Waals surface area contributed by atoms with E-state index in [0.717, 1.165) is 24.3 Å². The lowest BCUT2D eigenvalue weighted by Crippen LogP contribution is -2.15. The Morgan fingerprint density at radius 1 is 1.50 bits per heavy atom. The van der Waals surface area contributed by atoms with E-state index in [1.807, 2.05) is 6.07 Å². The molecule has 16 heavy (non-hydrogen) atoms. The van der Waals surface area contributed by atoms with Crippen molar-refractivity contribution >= 4 is 5.69 Å². The van der Waals surface area contributed by atoms with Crippen molar-refractivity contribution in [1.82, 2.24) is 0 Å². The molecule has 0 aromatic heterocycles. The number of rotatable bonds is 5. The van der Waals surface area contributed by atoms with Crippen LogP contribution in [0.2, 0.25) is 0 Å². The molecule has 86 valence electrons. The van der Waals surface area contributed by atoms with Crippen molar-refractivity contribution in [2.24, 2.45) is 0 Å². The van der Waals surface area contributed by atoms with Gasteiger partial charge in [-0.1, -0.05) is 13.3 Å². The standard InChI is InChI=1S/C13H18N2O/c1-4-5-10(2)15-12-7-6-11(9-14)8-13(12)16-3/h6-8,10,15H,4-5H2,1-3H3. The maximum atomic E-state index is 8.79. The van der Waals surface area contributed by atoms with Gasteiger partial charge in [0.05, 0.1) is 24.4 Å². The van der Waals surface area contributed by atoms with Gasteiger partial charge in [-0.2, -0.15) is 5.26 Å². The molecule has 0 radical (unpaired) electrons. The third-order valence-electron chi connectivity index (χ3n) is 2.45. The Hall–Kier alpha value is -1.69. The lowest BCUT2D eigenvalue weighted by atomic mass is 10.1. The van der Waals surface area contributed by atoms with E-state index in [2.05, 4.69) is 25.2 Å². The lowest BCUT2D eigenvalue weighted by molar-refractivity contribution is 0.415. The van der Waals surface area contributed by atoms with Gasteiger partial charge in [0, 0.05) is 12.1 Å². The molecular formula is C13H18N2O. The summed E-state index contributed by atoms with van der Waals surface area (Å²) < 4.78 is 5.25. The van der Waals surface area contributed by atoms with Gasteiger partial charge in [-0.05, 0) is 25.5 Å². The average Bonchev–Trinajstić information content (AvgIpc) is 2.30. The number of hydrogen-bond acceptors (Lipinski definition) is 3. The van der Waals surface area contributed by atoms with Crippen molar-refractivity contribution in [3.63, 3.8) is 0 Å². The molecule has 3 nitrogen and oxygen atoms in total. The number of benzene rings is 1. The van der Waals surface area contributed by atoms with Gasteiger partial charge in [0.1, 0.15) is 5.75 Å². The lowest BCUT2D eigenvalue weighted by Gasteiger charge is -2.16. The van der Waals surface area contributed by atoms with E-state index in [4.69, 9.17) is 10.00 Å². The monoisotopic (exact) mass is 218 g/mol. The second kappa shape index (κ2) is 6.02. The van der Waals surface area contributed by atoms with E-state index in [-0.39, 0.29) is 0 Å². The summed E-state index contributed by atoms with van der Waals surface area (Å²) in [6, 6.07) is 7.95. The van der Waals surface area contributed by atoms with Gasteiger partial charge in [0.2, 0.25) is 0 Å². The Kier molecular flexibility index (Phi) is 4.65. The minimum atomic E-state index is 0.409. The van der Waals surface area contributed by atoms with E-state index in [0.29, 0.717) is 11.6 Å². The fourth-order valence-electron chi connectivity index (χ4n) is 1.65. The molecular weight excluding hydrogens is 200 g/mol. The number of hydrogen-bond donors (Lipinski definition) is 1. The van der Waals surface area contributed by atoms with Crippen LogP contribution in [0.4, 0.5) is 5.69 Å². The van der Waals surface area contributed by atoms with Gasteiger partial charge in [-0.15, -0.1) is 0 Å². The third kappa shape index (κ3) is 3.16. The molecule has 3 heteroatoms. The predicted molar refractivity (Wildman–Crippen MR) is 65.7 cm³/mol. The second-order valence-corrected chi connectivity index (χ2v) is 3.86. The molecule has 1 unspecified atom stereocenters. The SMILES string of the molecule is CCCC(C)Nc1ccc(C#N)cc1OC. The molecule has 0 saturated carbocycles. The number of nitrogens with one attached hydrogen (secondary N) is 1. The summed E-state index contributed by atoms with van der Waals surface area (Å²) in [7, 11) is 1.62. The minimum Gasteiger partial charge on any atom is -0.495 e. The summed E-state index contributed by atoms with van der Waals surface area (Å²) >= 11 is 0. The van der Waals surface area contributed by atoms with E-state index >= 15 is 0 Å². The fourth-order valence-corrected chi connectivity index (χ4v) is 1.65. The summed E-state index contributed by atoms with van der Waals surface area (Å²) in [5.74, 6) is 0.724. The zero-order chi connectivity index (χ0) is 12.0. The molecule has 1 N–H and O–H groups in total. The highest BCUT2D eigenvalue weighted by molar-refractivity contribution is 5.59. The number of nitriles is 1. The van der Waals surface area contributed by atoms with Crippen LogP contribution in [0.5, 0.6) is 5.75 Å². The number of anilines is 1. The molecule has 0 fully saturated rings. The maximum Gasteiger partial charge on any atom is 0.143 e. The van der Waals surface area contributed by atoms with E-state index in [1.165, 1.54) is 0 Å². The zero-order valence-corrected chi connectivity index (χ0v) is 10.1. The maximum absolute atomic E-state index is 8.79. The van der Waals surface area contributed by atoms with Gasteiger partial charge in [-0.25, -0.2) is 0 Å². The molecule has 0 saturated heterocycles. The summed E-state index contributed by atoms with van der Waals surface area (Å²) in [6.45, 7) is 4.30. The third-order valence-corrected chi connectivity index (χ3v) is 2.45. The molecule has 0 aliphatic carbocycles. The van der Waals surface area contributed by atoms with Gasteiger partial charge >= 0.3 is 0 Å². The van der Waals surface area contributed by atoms with Gasteiger partial charge in [-0.3, -0.25) is 0 Å². The highest BCUT2D eigenvalue weighted by atomic mass is 16.5. The summed E-state index contributed by atoms with van der Waals surface area (Å²) in [4.78, 5) is 0. The summed E-state index contributed by atoms with van der Waals surface area (Å²) in [6.07, 6.45) is 2.26. The predicted octanol–water partition coefficient (Wildman–Crippen LogP) is 3.17. The molecule has 1 aromatic rings. The van der Waals surface area contributed by atoms with Crippen molar-refractivity contribution in [2.45, 2.75) is 32.7 Å². The molecule has 0 bridgehead atoms. The van der Waals surface area contributed by atoms with Crippen LogP contribution in [0.15, 0.2) is 18.2 Å². The fraction of sp³-hybridized carbons (Fsp3) is 0.462. The van der Waals surface area contributed by atoms with Crippen LogP contribution in [-0.4, -0.2) is 13.2 Å². The van der Waals surface area contributed by atoms with Crippen molar-refractivity contribution < 1.29 is 4.74 Å². The number of nitrogens with zero attached hydrogens (tertiary/aromatic N) is 1. The van der Waals surface area contributed by atoms with Crippen LogP contribution in [0, 0.1) is 11.3 Å². The first kappa shape index (κ1) is 12.4. The first-order valence-corrected chi connectivity index (χ1v) is 5.56. The highest BCUT2D eigenvalue weighted by Gasteiger charge is 2.07. The Labute approximate surface area is 97.0 Å². The summed E-state index contributed by atoms with van der Waals surface area (Å²) in [5.41, 5.74) is 1.56. The summed E-state index contributed by atoms with van der Waals surface area (Å²) in [5, 5.41) is 12.2. The largest absolute Gasteiger partial charge is 0.495 e. The van der Waals surface area contributed by atoms with Crippen molar-refractivity contribution in [2.75, 3.05) is 12.4 Å². The Bertz CT molecular complexity index is 382. The first-order valence-electron chi connectivity index (χ1n) is 5.56. The van der Waals surface area contributed by atoms with E-state index < -0.39 is 0 Å². The van der Waals surface area contributed by atoms with Crippen molar-refractivity contribution in [1.29, 1.82) is 5.26 Å². The normalized spacial score (nSPS) is 11.6. The molecule has 1 atom stereocenters. The highest BCUT2D eigenvalue weighted by Crippen LogP contribution is 2.26. The van der Waals surface area contributed by atoms with Crippen LogP contribution >= 0.6 is 0 Å². The smallest absolute Gasteiger partial charge is 0.143 e. The van der Waals surface area contributed by atoms with Crippen LogP contribution in [0.25, 0.3) is 0 Å². The molecule has 0 heterocycles. The molecule has 0 amide bonds. The van der Waals surface area contributed by atoms with Crippen LogP contribution in [0.3, 0.4) is 0 Å². The molecule has 0 aliphatic rings. The van der Waals surface area contributed by atoms with Gasteiger partial charge < -0.3 is 10.1 Å². The molecule has 0 aliphatic heterocycles. The molecule has 0 spiro atoms. The van der Waals surface area contributed by atoms with Crippen LogP contribution in [0.1, 0.15) is 32.3 Å². The van der Waals surface area contributed by atoms with E-state index in [1.54, 1.807) is 19.2 Å². The Balaban J connectivity index is 2.84. The molecule has 1 aromatic carbocycles. The van der Waals surface area contributed by atoms with Crippen molar-refractivity contribution in [3.8, 4) is 11.8 Å². The van der Waals surface area contributed by atoms with E-state index in [9.17, 15) is 0 Å². The number of ether oxygens (including phenoxy) is 1. The topological polar surface area (TPSA) is 45.0 Å². The molecule has 1 rings (SSSR count). The quantitative estimate of drug-likeness (QED) is 0.825. The van der Waals surface area contributed by atoms with Crippen LogP contribution < -0.4 is 10.1 Å². The number of methoxy groups -OCH3 is 1. The van der Waals surface area contributed by atoms with Gasteiger partial charge in [0.25, 0.3) is 0 Å². The van der Waals surface area contributed by atoms with Gasteiger partial charge in [0.15, 0.2) is 0 Å². The first-order chi connectivity index (χ1) is 7.71. The average molecular weight is 218 g/mol. The zero-order valence-electron chi connectivity index (χ0n) is 10.1. The minimum absolute atomic E-state index is 0.409. The van der Waals surface area contributed by atoms with Crippen LogP contribution in [-0.2, 0) is 0 Å².